The van der Waals surface area contributed by atoms with Gasteiger partial charge in [-0.15, -0.1) is 0 Å². The lowest BCUT2D eigenvalue weighted by molar-refractivity contribution is 0.347. The zero-order valence-corrected chi connectivity index (χ0v) is 12.1. The minimum atomic E-state index is 0.374. The molecule has 2 atom stereocenters. The normalized spacial score (nSPS) is 21.1. The minimum absolute atomic E-state index is 0.374. The summed E-state index contributed by atoms with van der Waals surface area (Å²) in [6.07, 6.45) is 2.48. The van der Waals surface area contributed by atoms with Crippen molar-refractivity contribution in [3.63, 3.8) is 0 Å². The molecule has 3 nitrogen and oxygen atoms in total. The molecule has 0 radical (unpaired) electrons. The Labute approximate surface area is 117 Å². The van der Waals surface area contributed by atoms with Gasteiger partial charge in [0.25, 0.3) is 0 Å². The van der Waals surface area contributed by atoms with E-state index in [9.17, 15) is 5.26 Å². The van der Waals surface area contributed by atoms with E-state index in [0.29, 0.717) is 17.5 Å². The van der Waals surface area contributed by atoms with Crippen molar-refractivity contribution in [2.24, 2.45) is 5.92 Å². The van der Waals surface area contributed by atoms with E-state index < -0.39 is 0 Å². The van der Waals surface area contributed by atoms with Crippen molar-refractivity contribution in [2.75, 3.05) is 18.4 Å². The van der Waals surface area contributed by atoms with Crippen LogP contribution in [0.15, 0.2) is 22.7 Å². The Balaban J connectivity index is 2.09. The Bertz CT molecular complexity index is 447. The van der Waals surface area contributed by atoms with E-state index in [-0.39, 0.29) is 0 Å². The van der Waals surface area contributed by atoms with E-state index >= 15 is 0 Å². The fourth-order valence-electron chi connectivity index (χ4n) is 2.43. The molecular formula is C14H18BrN3. The fraction of sp³-hybridized carbons (Fsp3) is 0.500. The highest BCUT2D eigenvalue weighted by Crippen LogP contribution is 2.26. The zero-order chi connectivity index (χ0) is 13.0. The van der Waals surface area contributed by atoms with E-state index in [2.05, 4.69) is 39.6 Å². The van der Waals surface area contributed by atoms with Crippen molar-refractivity contribution in [1.82, 2.24) is 5.32 Å². The van der Waals surface area contributed by atoms with Crippen molar-refractivity contribution < 1.29 is 0 Å². The van der Waals surface area contributed by atoms with Gasteiger partial charge < -0.3 is 10.6 Å². The molecule has 4 heteroatoms. The Morgan fingerprint density at radius 2 is 2.39 bits per heavy atom. The molecule has 0 aromatic heterocycles. The molecule has 1 aliphatic rings. The molecule has 1 heterocycles. The number of piperidine rings is 1. The minimum Gasteiger partial charge on any atom is -0.381 e. The first-order valence-electron chi connectivity index (χ1n) is 6.38. The highest BCUT2D eigenvalue weighted by Gasteiger charge is 2.20. The third-order valence-corrected chi connectivity index (χ3v) is 4.21. The van der Waals surface area contributed by atoms with Crippen LogP contribution in [0.3, 0.4) is 0 Å². The van der Waals surface area contributed by atoms with E-state index in [1.165, 1.54) is 12.8 Å². The molecule has 0 amide bonds. The molecule has 2 unspecified atom stereocenters. The van der Waals surface area contributed by atoms with Gasteiger partial charge >= 0.3 is 0 Å². The van der Waals surface area contributed by atoms with Crippen LogP contribution in [0, 0.1) is 17.2 Å². The Morgan fingerprint density at radius 3 is 3.06 bits per heavy atom. The van der Waals surface area contributed by atoms with Gasteiger partial charge in [0.2, 0.25) is 0 Å². The average molecular weight is 308 g/mol. The molecule has 18 heavy (non-hydrogen) atoms. The molecule has 2 rings (SSSR count). The molecule has 1 aromatic rings. The molecule has 1 saturated heterocycles. The van der Waals surface area contributed by atoms with Gasteiger partial charge in [0.15, 0.2) is 0 Å². The SMILES string of the molecule is CC(Nc1cccc(Br)c1C#N)C1CCCNC1. The number of nitrogens with one attached hydrogen (secondary N) is 2. The third-order valence-electron chi connectivity index (χ3n) is 3.55. The summed E-state index contributed by atoms with van der Waals surface area (Å²) in [5, 5.41) is 16.1. The molecule has 0 bridgehead atoms. The summed E-state index contributed by atoms with van der Waals surface area (Å²) in [6, 6.07) is 8.45. The van der Waals surface area contributed by atoms with Gasteiger partial charge in [-0.3, -0.25) is 0 Å². The third kappa shape index (κ3) is 3.04. The second-order valence-electron chi connectivity index (χ2n) is 4.81. The van der Waals surface area contributed by atoms with Crippen molar-refractivity contribution >= 4 is 21.6 Å². The van der Waals surface area contributed by atoms with Gasteiger partial charge in [0.05, 0.1) is 11.3 Å². The number of nitrogens with zero attached hydrogens (tertiary/aromatic N) is 1. The Hall–Kier alpha value is -1.05. The van der Waals surface area contributed by atoms with Gasteiger partial charge in [-0.1, -0.05) is 6.07 Å². The quantitative estimate of drug-likeness (QED) is 0.902. The first-order chi connectivity index (χ1) is 8.72. The monoisotopic (exact) mass is 307 g/mol. The summed E-state index contributed by atoms with van der Waals surface area (Å²) in [5.41, 5.74) is 1.61. The van der Waals surface area contributed by atoms with Crippen molar-refractivity contribution in [3.05, 3.63) is 28.2 Å². The first kappa shape index (κ1) is 13.4. The number of hydrogen-bond donors (Lipinski definition) is 2. The predicted molar refractivity (Wildman–Crippen MR) is 77.5 cm³/mol. The van der Waals surface area contributed by atoms with E-state index in [1.807, 2.05) is 18.2 Å². The smallest absolute Gasteiger partial charge is 0.103 e. The summed E-state index contributed by atoms with van der Waals surface area (Å²) < 4.78 is 0.851. The largest absolute Gasteiger partial charge is 0.381 e. The highest BCUT2D eigenvalue weighted by atomic mass is 79.9. The molecule has 2 N–H and O–H groups in total. The van der Waals surface area contributed by atoms with Gasteiger partial charge in [0.1, 0.15) is 6.07 Å². The van der Waals surface area contributed by atoms with Gasteiger partial charge in [-0.05, 0) is 66.8 Å². The highest BCUT2D eigenvalue weighted by molar-refractivity contribution is 9.10. The van der Waals surface area contributed by atoms with Crippen LogP contribution in [0.1, 0.15) is 25.3 Å². The van der Waals surface area contributed by atoms with Crippen LogP contribution in [0.4, 0.5) is 5.69 Å². The lowest BCUT2D eigenvalue weighted by Crippen LogP contribution is -2.38. The standard InChI is InChI=1S/C14H18BrN3/c1-10(11-4-3-7-17-9-11)18-14-6-2-5-13(15)12(14)8-16/h2,5-6,10-11,17-18H,3-4,7,9H2,1H3. The van der Waals surface area contributed by atoms with Crippen LogP contribution >= 0.6 is 15.9 Å². The number of rotatable bonds is 3. The van der Waals surface area contributed by atoms with Crippen LogP contribution in [0.2, 0.25) is 0 Å². The van der Waals surface area contributed by atoms with Gasteiger partial charge in [-0.2, -0.15) is 5.26 Å². The van der Waals surface area contributed by atoms with Crippen LogP contribution in [0.5, 0.6) is 0 Å². The summed E-state index contributed by atoms with van der Waals surface area (Å²) in [6.45, 7) is 4.38. The molecular weight excluding hydrogens is 290 g/mol. The summed E-state index contributed by atoms with van der Waals surface area (Å²) in [4.78, 5) is 0. The van der Waals surface area contributed by atoms with Crippen LogP contribution in [-0.4, -0.2) is 19.1 Å². The van der Waals surface area contributed by atoms with Gasteiger partial charge in [-0.25, -0.2) is 0 Å². The number of hydrogen-bond acceptors (Lipinski definition) is 3. The molecule has 0 saturated carbocycles. The molecule has 0 spiro atoms. The van der Waals surface area contributed by atoms with Crippen molar-refractivity contribution in [2.45, 2.75) is 25.8 Å². The van der Waals surface area contributed by atoms with Crippen molar-refractivity contribution in [3.8, 4) is 6.07 Å². The maximum atomic E-state index is 9.19. The molecule has 1 aromatic carbocycles. The molecule has 1 fully saturated rings. The molecule has 1 aliphatic heterocycles. The first-order valence-corrected chi connectivity index (χ1v) is 7.17. The van der Waals surface area contributed by atoms with Crippen LogP contribution in [-0.2, 0) is 0 Å². The zero-order valence-electron chi connectivity index (χ0n) is 10.5. The molecule has 0 aliphatic carbocycles. The van der Waals surface area contributed by atoms with E-state index in [1.54, 1.807) is 0 Å². The van der Waals surface area contributed by atoms with Crippen molar-refractivity contribution in [1.29, 1.82) is 5.26 Å². The predicted octanol–water partition coefficient (Wildman–Crippen LogP) is 3.12. The lowest BCUT2D eigenvalue weighted by Gasteiger charge is -2.29. The Morgan fingerprint density at radius 1 is 1.56 bits per heavy atom. The van der Waals surface area contributed by atoms with Crippen LogP contribution < -0.4 is 10.6 Å². The Kier molecular flexibility index (Phi) is 4.62. The summed E-state index contributed by atoms with van der Waals surface area (Å²) in [5.74, 6) is 0.629. The number of anilines is 1. The molecule has 96 valence electrons. The van der Waals surface area contributed by atoms with Gasteiger partial charge in [0, 0.05) is 10.5 Å². The maximum Gasteiger partial charge on any atom is 0.103 e. The average Bonchev–Trinajstić information content (AvgIpc) is 2.40. The van der Waals surface area contributed by atoms with Crippen LogP contribution in [0.25, 0.3) is 0 Å². The second-order valence-corrected chi connectivity index (χ2v) is 5.67. The fourth-order valence-corrected chi connectivity index (χ4v) is 2.88. The second kappa shape index (κ2) is 6.21. The number of nitriles is 1. The number of halogens is 1. The number of benzene rings is 1. The summed E-state index contributed by atoms with van der Waals surface area (Å²) in [7, 11) is 0. The maximum absolute atomic E-state index is 9.19. The van der Waals surface area contributed by atoms with E-state index in [4.69, 9.17) is 0 Å². The van der Waals surface area contributed by atoms with E-state index in [0.717, 1.165) is 23.2 Å². The topological polar surface area (TPSA) is 47.9 Å². The summed E-state index contributed by atoms with van der Waals surface area (Å²) >= 11 is 3.42. The lowest BCUT2D eigenvalue weighted by atomic mass is 9.92.